The molecule has 1 heterocycles. The quantitative estimate of drug-likeness (QED) is 0.791. The van der Waals surface area contributed by atoms with Crippen molar-refractivity contribution in [2.24, 2.45) is 0 Å². The average molecular weight is 286 g/mol. The van der Waals surface area contributed by atoms with Gasteiger partial charge in [0.2, 0.25) is 0 Å². The summed E-state index contributed by atoms with van der Waals surface area (Å²) in [4.78, 5) is 2.79. The zero-order valence-electron chi connectivity index (χ0n) is 11.4. The fourth-order valence-electron chi connectivity index (χ4n) is 2.13. The number of halogens is 3. The van der Waals surface area contributed by atoms with E-state index >= 15 is 0 Å². The Morgan fingerprint density at radius 2 is 2.15 bits per heavy atom. The molecule has 1 aliphatic heterocycles. The van der Waals surface area contributed by atoms with Crippen LogP contribution in [0.5, 0.6) is 5.75 Å². The van der Waals surface area contributed by atoms with E-state index in [1.807, 2.05) is 0 Å². The van der Waals surface area contributed by atoms with Gasteiger partial charge in [-0.05, 0) is 30.8 Å². The minimum atomic E-state index is -2.51. The molecule has 1 aliphatic rings. The van der Waals surface area contributed by atoms with Crippen molar-refractivity contribution in [3.05, 3.63) is 41.9 Å². The minimum absolute atomic E-state index is 0.114. The molecule has 110 valence electrons. The van der Waals surface area contributed by atoms with Crippen molar-refractivity contribution < 1.29 is 17.9 Å². The smallest absolute Gasteiger partial charge is 0.296 e. The molecule has 0 N–H and O–H groups in total. The molecule has 2 rings (SSSR count). The van der Waals surface area contributed by atoms with Crippen molar-refractivity contribution in [1.82, 2.24) is 9.80 Å². The number of hydrogen-bond donors (Lipinski definition) is 0. The molecule has 1 atom stereocenters. The fraction of sp³-hybridized carbons (Fsp3) is 0.429. The molecular formula is C14H17F3N2O. The van der Waals surface area contributed by atoms with Crippen LogP contribution in [0.3, 0.4) is 0 Å². The van der Waals surface area contributed by atoms with E-state index in [-0.39, 0.29) is 18.5 Å². The van der Waals surface area contributed by atoms with E-state index in [0.717, 1.165) is 4.90 Å². The number of nitrogens with zero attached hydrogens (tertiary/aromatic N) is 2. The zero-order chi connectivity index (χ0) is 14.7. The minimum Gasteiger partial charge on any atom is -0.494 e. The molecule has 0 saturated heterocycles. The molecule has 0 amide bonds. The number of rotatable bonds is 4. The van der Waals surface area contributed by atoms with Crippen LogP contribution in [0.25, 0.3) is 0 Å². The highest BCUT2D eigenvalue weighted by atomic mass is 19.3. The SMILES string of the molecule is COc1ccc(CN2C=CC(C)N(C(F)F)C2)cc1F. The predicted molar refractivity (Wildman–Crippen MR) is 69.8 cm³/mol. The van der Waals surface area contributed by atoms with Gasteiger partial charge < -0.3 is 9.64 Å². The molecule has 0 fully saturated rings. The Hall–Kier alpha value is -1.69. The Morgan fingerprint density at radius 1 is 1.40 bits per heavy atom. The number of methoxy groups -OCH3 is 1. The van der Waals surface area contributed by atoms with Gasteiger partial charge >= 0.3 is 0 Å². The standard InChI is InChI=1S/C14H17F3N2O/c1-10-5-6-18(9-19(10)14(16)17)8-11-3-4-13(20-2)12(15)7-11/h3-7,10,14H,8-9H2,1-2H3. The molecule has 0 aliphatic carbocycles. The molecule has 0 radical (unpaired) electrons. The Bertz CT molecular complexity index is 493. The van der Waals surface area contributed by atoms with Crippen LogP contribution in [-0.2, 0) is 6.54 Å². The first-order valence-electron chi connectivity index (χ1n) is 6.30. The van der Waals surface area contributed by atoms with Gasteiger partial charge in [0, 0.05) is 12.6 Å². The topological polar surface area (TPSA) is 15.7 Å². The van der Waals surface area contributed by atoms with E-state index in [9.17, 15) is 13.2 Å². The van der Waals surface area contributed by atoms with Gasteiger partial charge in [-0.15, -0.1) is 0 Å². The molecule has 0 bridgehead atoms. The van der Waals surface area contributed by atoms with Gasteiger partial charge in [0.05, 0.1) is 13.8 Å². The summed E-state index contributed by atoms with van der Waals surface area (Å²) in [6.07, 6.45) is 3.47. The largest absolute Gasteiger partial charge is 0.494 e. The van der Waals surface area contributed by atoms with Crippen molar-refractivity contribution in [2.75, 3.05) is 13.8 Å². The van der Waals surface area contributed by atoms with E-state index in [1.165, 1.54) is 19.2 Å². The maximum atomic E-state index is 13.6. The van der Waals surface area contributed by atoms with Gasteiger partial charge in [-0.2, -0.15) is 8.78 Å². The molecular weight excluding hydrogens is 269 g/mol. The molecule has 1 aromatic rings. The first kappa shape index (κ1) is 14.7. The Morgan fingerprint density at radius 3 is 2.75 bits per heavy atom. The Labute approximate surface area is 116 Å². The summed E-state index contributed by atoms with van der Waals surface area (Å²) in [5.41, 5.74) is 0.705. The summed E-state index contributed by atoms with van der Waals surface area (Å²) in [7, 11) is 1.40. The summed E-state index contributed by atoms with van der Waals surface area (Å²) in [6.45, 7) is -0.311. The van der Waals surface area contributed by atoms with Crippen molar-refractivity contribution in [3.63, 3.8) is 0 Å². The number of ether oxygens (including phenoxy) is 1. The van der Waals surface area contributed by atoms with Gasteiger partial charge in [-0.3, -0.25) is 0 Å². The van der Waals surface area contributed by atoms with Gasteiger partial charge in [0.25, 0.3) is 6.55 Å². The van der Waals surface area contributed by atoms with Crippen LogP contribution in [0.4, 0.5) is 13.2 Å². The second-order valence-electron chi connectivity index (χ2n) is 4.73. The van der Waals surface area contributed by atoms with Crippen LogP contribution in [-0.4, -0.2) is 36.2 Å². The van der Waals surface area contributed by atoms with Gasteiger partial charge in [0.1, 0.15) is 0 Å². The molecule has 0 aromatic heterocycles. The number of hydrogen-bond acceptors (Lipinski definition) is 3. The van der Waals surface area contributed by atoms with Crippen molar-refractivity contribution in [3.8, 4) is 5.75 Å². The van der Waals surface area contributed by atoms with Crippen LogP contribution < -0.4 is 4.74 Å². The van der Waals surface area contributed by atoms with Crippen molar-refractivity contribution >= 4 is 0 Å². The van der Waals surface area contributed by atoms with Gasteiger partial charge in [-0.25, -0.2) is 9.29 Å². The third-order valence-corrected chi connectivity index (χ3v) is 3.30. The summed E-state index contributed by atoms with van der Waals surface area (Å²) in [5.74, 6) is -0.282. The summed E-state index contributed by atoms with van der Waals surface area (Å²) in [6, 6.07) is 4.31. The highest BCUT2D eigenvalue weighted by Gasteiger charge is 2.25. The monoisotopic (exact) mass is 286 g/mol. The highest BCUT2D eigenvalue weighted by molar-refractivity contribution is 5.29. The normalized spacial score (nSPS) is 19.7. The third kappa shape index (κ3) is 3.25. The van der Waals surface area contributed by atoms with Crippen LogP contribution in [0.1, 0.15) is 12.5 Å². The molecule has 0 spiro atoms. The summed E-state index contributed by atoms with van der Waals surface area (Å²) >= 11 is 0. The lowest BCUT2D eigenvalue weighted by Crippen LogP contribution is -2.46. The van der Waals surface area contributed by atoms with Crippen molar-refractivity contribution in [1.29, 1.82) is 0 Å². The first-order valence-corrected chi connectivity index (χ1v) is 6.30. The maximum Gasteiger partial charge on any atom is 0.296 e. The van der Waals surface area contributed by atoms with Crippen LogP contribution >= 0.6 is 0 Å². The van der Waals surface area contributed by atoms with Crippen LogP contribution in [0.2, 0.25) is 0 Å². The van der Waals surface area contributed by atoms with Crippen LogP contribution in [0.15, 0.2) is 30.5 Å². The second-order valence-corrected chi connectivity index (χ2v) is 4.73. The highest BCUT2D eigenvalue weighted by Crippen LogP contribution is 2.21. The zero-order valence-corrected chi connectivity index (χ0v) is 11.4. The van der Waals surface area contributed by atoms with Crippen LogP contribution in [0, 0.1) is 5.82 Å². The third-order valence-electron chi connectivity index (χ3n) is 3.30. The number of benzene rings is 1. The molecule has 1 unspecified atom stereocenters. The lowest BCUT2D eigenvalue weighted by Gasteiger charge is -2.36. The molecule has 1 aromatic carbocycles. The lowest BCUT2D eigenvalue weighted by molar-refractivity contribution is -0.0689. The Balaban J connectivity index is 2.07. The van der Waals surface area contributed by atoms with Gasteiger partial charge in [0.15, 0.2) is 11.6 Å². The predicted octanol–water partition coefficient (Wildman–Crippen LogP) is 3.03. The van der Waals surface area contributed by atoms with Crippen molar-refractivity contribution in [2.45, 2.75) is 26.1 Å². The first-order chi connectivity index (χ1) is 9.51. The van der Waals surface area contributed by atoms with E-state index in [2.05, 4.69) is 0 Å². The van der Waals surface area contributed by atoms with E-state index < -0.39 is 12.4 Å². The van der Waals surface area contributed by atoms with E-state index in [1.54, 1.807) is 30.2 Å². The molecule has 3 nitrogen and oxygen atoms in total. The van der Waals surface area contributed by atoms with Gasteiger partial charge in [-0.1, -0.05) is 12.1 Å². The molecule has 20 heavy (non-hydrogen) atoms. The summed E-state index contributed by atoms with van der Waals surface area (Å²) in [5, 5.41) is 0. The molecule has 6 heteroatoms. The van der Waals surface area contributed by atoms with E-state index in [4.69, 9.17) is 4.74 Å². The fourth-order valence-corrected chi connectivity index (χ4v) is 2.13. The Kier molecular flexibility index (Phi) is 4.54. The van der Waals surface area contributed by atoms with E-state index in [0.29, 0.717) is 12.1 Å². The maximum absolute atomic E-state index is 13.6. The molecule has 0 saturated carbocycles. The second kappa shape index (κ2) is 6.17. The summed E-state index contributed by atoms with van der Waals surface area (Å²) < 4.78 is 44.1. The lowest BCUT2D eigenvalue weighted by atomic mass is 10.2. The average Bonchev–Trinajstić information content (AvgIpc) is 2.41. The number of alkyl halides is 2.